The summed E-state index contributed by atoms with van der Waals surface area (Å²) in [6.45, 7) is 2.53. The van der Waals surface area contributed by atoms with Gasteiger partial charge in [0.25, 0.3) is 5.91 Å². The molecule has 0 bridgehead atoms. The van der Waals surface area contributed by atoms with E-state index in [9.17, 15) is 14.4 Å². The molecule has 3 aliphatic rings. The van der Waals surface area contributed by atoms with Crippen LogP contribution in [0.4, 0.5) is 0 Å². The molecule has 146 valence electrons. The number of rotatable bonds is 5. The second kappa shape index (κ2) is 7.66. The Kier molecular flexibility index (Phi) is 5.25. The summed E-state index contributed by atoms with van der Waals surface area (Å²) in [5.74, 6) is 0.514. The van der Waals surface area contributed by atoms with E-state index in [1.165, 1.54) is 0 Å². The van der Waals surface area contributed by atoms with Gasteiger partial charge in [0, 0.05) is 38.6 Å². The van der Waals surface area contributed by atoms with Crippen molar-refractivity contribution in [3.8, 4) is 0 Å². The molecule has 1 aliphatic carbocycles. The molecule has 0 spiro atoms. The van der Waals surface area contributed by atoms with E-state index >= 15 is 0 Å². The van der Waals surface area contributed by atoms with Gasteiger partial charge in [-0.2, -0.15) is 0 Å². The van der Waals surface area contributed by atoms with E-state index in [1.54, 1.807) is 17.0 Å². The van der Waals surface area contributed by atoms with Crippen LogP contribution in [-0.2, 0) is 9.59 Å². The van der Waals surface area contributed by atoms with Gasteiger partial charge >= 0.3 is 0 Å². The summed E-state index contributed by atoms with van der Waals surface area (Å²) in [7, 11) is 0. The van der Waals surface area contributed by atoms with E-state index in [4.69, 9.17) is 4.42 Å². The Hall–Kier alpha value is -1.83. The maximum atomic E-state index is 12.4. The minimum atomic E-state index is -0.211. The topological polar surface area (TPSA) is 82.9 Å². The van der Waals surface area contributed by atoms with Gasteiger partial charge in [-0.3, -0.25) is 14.4 Å². The van der Waals surface area contributed by atoms with E-state index in [0.717, 1.165) is 25.7 Å². The first kappa shape index (κ1) is 18.5. The lowest BCUT2D eigenvalue weighted by molar-refractivity contribution is -0.129. The number of piperidine rings is 1. The third kappa shape index (κ3) is 4.36. The van der Waals surface area contributed by atoms with Crippen LogP contribution in [0, 0.1) is 11.8 Å². The molecule has 1 unspecified atom stereocenters. The lowest BCUT2D eigenvalue weighted by atomic mass is 9.96. The third-order valence-electron chi connectivity index (χ3n) is 5.67. The maximum Gasteiger partial charge on any atom is 0.289 e. The second-order valence-electron chi connectivity index (χ2n) is 7.82. The number of furan rings is 1. The molecule has 1 N–H and O–H groups in total. The first-order valence-corrected chi connectivity index (χ1v) is 10.4. The van der Waals surface area contributed by atoms with Gasteiger partial charge in [-0.1, -0.05) is 0 Å². The molecule has 7 nitrogen and oxygen atoms in total. The molecule has 1 aromatic rings. The van der Waals surface area contributed by atoms with Crippen LogP contribution in [0.5, 0.6) is 0 Å². The number of likely N-dealkylation sites (tertiary alicyclic amines) is 2. The number of nitrogens with zero attached hydrogens (tertiary/aromatic N) is 2. The van der Waals surface area contributed by atoms with Crippen molar-refractivity contribution in [2.24, 2.45) is 11.8 Å². The standard InChI is InChI=1S/C19H24BrN3O4/c20-16-4-3-15(27-16)19(26)22-7-5-12(6-8-22)10-23-11-13(9-17(23)24)18(25)21-14-1-2-14/h3-4,12-14H,1-2,5-11H2,(H,21,25). The van der Waals surface area contributed by atoms with Crippen LogP contribution in [0.2, 0.25) is 0 Å². The minimum absolute atomic E-state index is 0.0263. The number of nitrogens with one attached hydrogen (secondary N) is 1. The van der Waals surface area contributed by atoms with Crippen molar-refractivity contribution >= 4 is 33.7 Å². The first-order valence-electron chi connectivity index (χ1n) is 9.62. The predicted molar refractivity (Wildman–Crippen MR) is 101 cm³/mol. The average molecular weight is 438 g/mol. The number of hydrogen-bond donors (Lipinski definition) is 1. The zero-order chi connectivity index (χ0) is 19.0. The van der Waals surface area contributed by atoms with Crippen LogP contribution in [0.25, 0.3) is 0 Å². The van der Waals surface area contributed by atoms with Crippen LogP contribution in [0.3, 0.4) is 0 Å². The fraction of sp³-hybridized carbons (Fsp3) is 0.632. The van der Waals surface area contributed by atoms with Crippen LogP contribution in [-0.4, -0.2) is 59.7 Å². The summed E-state index contributed by atoms with van der Waals surface area (Å²) in [6.07, 6.45) is 4.15. The molecule has 3 heterocycles. The van der Waals surface area contributed by atoms with Gasteiger partial charge in [-0.25, -0.2) is 0 Å². The maximum absolute atomic E-state index is 12.4. The van der Waals surface area contributed by atoms with Crippen LogP contribution in [0.1, 0.15) is 42.7 Å². The molecule has 2 aliphatic heterocycles. The van der Waals surface area contributed by atoms with Crippen molar-refractivity contribution in [2.45, 2.75) is 38.1 Å². The zero-order valence-corrected chi connectivity index (χ0v) is 16.7. The van der Waals surface area contributed by atoms with Gasteiger partial charge in [-0.15, -0.1) is 0 Å². The summed E-state index contributed by atoms with van der Waals surface area (Å²) >= 11 is 3.22. The van der Waals surface area contributed by atoms with Crippen molar-refractivity contribution in [1.82, 2.24) is 15.1 Å². The van der Waals surface area contributed by atoms with Gasteiger partial charge in [0.05, 0.1) is 5.92 Å². The molecule has 0 aromatic carbocycles. The third-order valence-corrected chi connectivity index (χ3v) is 6.10. The Morgan fingerprint density at radius 2 is 1.93 bits per heavy atom. The van der Waals surface area contributed by atoms with Gasteiger partial charge in [0.1, 0.15) is 0 Å². The highest BCUT2D eigenvalue weighted by atomic mass is 79.9. The van der Waals surface area contributed by atoms with Crippen molar-refractivity contribution < 1.29 is 18.8 Å². The molecule has 1 atom stereocenters. The summed E-state index contributed by atoms with van der Waals surface area (Å²) in [6, 6.07) is 3.72. The molecule has 0 radical (unpaired) electrons. The highest BCUT2D eigenvalue weighted by Crippen LogP contribution is 2.26. The molecule has 1 aromatic heterocycles. The van der Waals surface area contributed by atoms with E-state index in [0.29, 0.717) is 55.0 Å². The molecule has 8 heteroatoms. The molecular weight excluding hydrogens is 414 g/mol. The second-order valence-corrected chi connectivity index (χ2v) is 8.60. The monoisotopic (exact) mass is 437 g/mol. The van der Waals surface area contributed by atoms with Gasteiger partial charge in [-0.05, 0) is 59.7 Å². The molecule has 4 rings (SSSR count). The van der Waals surface area contributed by atoms with Crippen LogP contribution >= 0.6 is 15.9 Å². The lowest BCUT2D eigenvalue weighted by Gasteiger charge is -2.33. The number of amides is 3. The van der Waals surface area contributed by atoms with Gasteiger partial charge in [0.2, 0.25) is 11.8 Å². The van der Waals surface area contributed by atoms with Gasteiger partial charge < -0.3 is 19.5 Å². The summed E-state index contributed by atoms with van der Waals surface area (Å²) in [5, 5.41) is 3.00. The van der Waals surface area contributed by atoms with Crippen LogP contribution < -0.4 is 5.32 Å². The Labute approximate surface area is 166 Å². The number of carbonyl (C=O) groups excluding carboxylic acids is 3. The highest BCUT2D eigenvalue weighted by Gasteiger charge is 2.37. The zero-order valence-electron chi connectivity index (χ0n) is 15.2. The highest BCUT2D eigenvalue weighted by molar-refractivity contribution is 9.10. The molecule has 2 saturated heterocycles. The van der Waals surface area contributed by atoms with E-state index < -0.39 is 0 Å². The van der Waals surface area contributed by atoms with Crippen LogP contribution in [0.15, 0.2) is 21.2 Å². The SMILES string of the molecule is O=C(NC1CC1)C1CC(=O)N(CC2CCN(C(=O)c3ccc(Br)o3)CC2)C1. The van der Waals surface area contributed by atoms with E-state index in [1.807, 2.05) is 4.90 Å². The minimum Gasteiger partial charge on any atom is -0.444 e. The molecule has 1 saturated carbocycles. The molecule has 3 amide bonds. The quantitative estimate of drug-likeness (QED) is 0.763. The van der Waals surface area contributed by atoms with Crippen molar-refractivity contribution in [3.63, 3.8) is 0 Å². The smallest absolute Gasteiger partial charge is 0.289 e. The molecule has 27 heavy (non-hydrogen) atoms. The number of carbonyl (C=O) groups is 3. The van der Waals surface area contributed by atoms with Crippen molar-refractivity contribution in [2.75, 3.05) is 26.2 Å². The van der Waals surface area contributed by atoms with Crippen molar-refractivity contribution in [1.29, 1.82) is 0 Å². The Balaban J connectivity index is 1.24. The number of halogens is 1. The number of hydrogen-bond acceptors (Lipinski definition) is 4. The largest absolute Gasteiger partial charge is 0.444 e. The molecule has 3 fully saturated rings. The van der Waals surface area contributed by atoms with Crippen molar-refractivity contribution in [3.05, 3.63) is 22.6 Å². The average Bonchev–Trinajstić information content (AvgIpc) is 3.24. The van der Waals surface area contributed by atoms with E-state index in [2.05, 4.69) is 21.2 Å². The lowest BCUT2D eigenvalue weighted by Crippen LogP contribution is -2.42. The van der Waals surface area contributed by atoms with Gasteiger partial charge in [0.15, 0.2) is 10.4 Å². The summed E-state index contributed by atoms with van der Waals surface area (Å²) < 4.78 is 5.90. The fourth-order valence-corrected chi connectivity index (χ4v) is 4.19. The Morgan fingerprint density at radius 1 is 1.19 bits per heavy atom. The normalized spacial score (nSPS) is 23.7. The molecular formula is C19H24BrN3O4. The Morgan fingerprint density at radius 3 is 2.56 bits per heavy atom. The first-order chi connectivity index (χ1) is 13.0. The fourth-order valence-electron chi connectivity index (χ4n) is 3.89. The van der Waals surface area contributed by atoms with E-state index in [-0.39, 0.29) is 23.6 Å². The Bertz CT molecular complexity index is 737. The predicted octanol–water partition coefficient (Wildman–Crippen LogP) is 2.02. The summed E-state index contributed by atoms with van der Waals surface area (Å²) in [4.78, 5) is 40.5. The summed E-state index contributed by atoms with van der Waals surface area (Å²) in [5.41, 5.74) is 0.